The van der Waals surface area contributed by atoms with Gasteiger partial charge in [-0.15, -0.1) is 10.2 Å². The molecule has 0 unspecified atom stereocenters. The highest BCUT2D eigenvalue weighted by Crippen LogP contribution is 2.17. The fourth-order valence-electron chi connectivity index (χ4n) is 1.67. The lowest BCUT2D eigenvalue weighted by Crippen LogP contribution is -2.23. The zero-order chi connectivity index (χ0) is 13.7. The first-order chi connectivity index (χ1) is 9.22. The molecule has 0 amide bonds. The second-order valence-electron chi connectivity index (χ2n) is 4.24. The molecule has 1 heterocycles. The molecule has 0 spiro atoms. The average Bonchev–Trinajstić information content (AvgIpc) is 2.46. The van der Waals surface area contributed by atoms with Crippen molar-refractivity contribution in [3.63, 3.8) is 0 Å². The van der Waals surface area contributed by atoms with E-state index < -0.39 is 0 Å². The van der Waals surface area contributed by atoms with Gasteiger partial charge in [0.15, 0.2) is 0 Å². The summed E-state index contributed by atoms with van der Waals surface area (Å²) in [5.74, 6) is 0.343. The molecule has 0 aliphatic rings. The SMILES string of the molecule is CC[C@H](CO)Nc1ccc(-c2ccc(F)cc2)nn1. The summed E-state index contributed by atoms with van der Waals surface area (Å²) in [6.07, 6.45) is 0.803. The van der Waals surface area contributed by atoms with Gasteiger partial charge in [-0.3, -0.25) is 0 Å². The Hall–Kier alpha value is -2.01. The maximum Gasteiger partial charge on any atom is 0.148 e. The van der Waals surface area contributed by atoms with Crippen molar-refractivity contribution in [3.05, 3.63) is 42.2 Å². The van der Waals surface area contributed by atoms with Crippen LogP contribution in [0.15, 0.2) is 36.4 Å². The Morgan fingerprint density at radius 2 is 1.89 bits per heavy atom. The van der Waals surface area contributed by atoms with Gasteiger partial charge in [0.05, 0.1) is 18.3 Å². The minimum absolute atomic E-state index is 0.0222. The molecule has 0 radical (unpaired) electrons. The van der Waals surface area contributed by atoms with E-state index in [-0.39, 0.29) is 18.5 Å². The Kier molecular flexibility index (Phi) is 4.41. The molecule has 1 atom stereocenters. The minimum Gasteiger partial charge on any atom is -0.394 e. The lowest BCUT2D eigenvalue weighted by molar-refractivity contribution is 0.271. The summed E-state index contributed by atoms with van der Waals surface area (Å²) in [7, 11) is 0. The van der Waals surface area contributed by atoms with Crippen LogP contribution in [0.3, 0.4) is 0 Å². The van der Waals surface area contributed by atoms with Crippen molar-refractivity contribution in [1.29, 1.82) is 0 Å². The van der Waals surface area contributed by atoms with Gasteiger partial charge >= 0.3 is 0 Å². The van der Waals surface area contributed by atoms with Crippen molar-refractivity contribution >= 4 is 5.82 Å². The van der Waals surface area contributed by atoms with Crippen LogP contribution in [0.4, 0.5) is 10.2 Å². The molecule has 1 aromatic carbocycles. The average molecular weight is 261 g/mol. The van der Waals surface area contributed by atoms with Gasteiger partial charge < -0.3 is 10.4 Å². The van der Waals surface area contributed by atoms with Gasteiger partial charge in [0.25, 0.3) is 0 Å². The van der Waals surface area contributed by atoms with E-state index in [1.54, 1.807) is 18.2 Å². The summed E-state index contributed by atoms with van der Waals surface area (Å²) >= 11 is 0. The fraction of sp³-hybridized carbons (Fsp3) is 0.286. The van der Waals surface area contributed by atoms with Crippen LogP contribution in [0, 0.1) is 5.82 Å². The fourth-order valence-corrected chi connectivity index (χ4v) is 1.67. The number of anilines is 1. The number of benzene rings is 1. The van der Waals surface area contributed by atoms with Crippen LogP contribution in [-0.2, 0) is 0 Å². The van der Waals surface area contributed by atoms with Gasteiger partial charge in [-0.05, 0) is 42.8 Å². The van der Waals surface area contributed by atoms with Gasteiger partial charge in [0.1, 0.15) is 11.6 Å². The maximum absolute atomic E-state index is 12.8. The van der Waals surface area contributed by atoms with Crippen molar-refractivity contribution in [2.45, 2.75) is 19.4 Å². The van der Waals surface area contributed by atoms with Gasteiger partial charge in [-0.1, -0.05) is 6.92 Å². The van der Waals surface area contributed by atoms with Crippen LogP contribution in [0.1, 0.15) is 13.3 Å². The van der Waals surface area contributed by atoms with Crippen LogP contribution in [0.25, 0.3) is 11.3 Å². The summed E-state index contributed by atoms with van der Waals surface area (Å²) in [6.45, 7) is 2.03. The molecular formula is C14H16FN3O. The number of rotatable bonds is 5. The number of hydrogen-bond donors (Lipinski definition) is 2. The zero-order valence-corrected chi connectivity index (χ0v) is 10.7. The van der Waals surface area contributed by atoms with Crippen LogP contribution in [-0.4, -0.2) is 28.0 Å². The minimum atomic E-state index is -0.274. The number of nitrogens with zero attached hydrogens (tertiary/aromatic N) is 2. The van der Waals surface area contributed by atoms with Crippen molar-refractivity contribution < 1.29 is 9.50 Å². The predicted octanol–water partition coefficient (Wildman–Crippen LogP) is 2.47. The number of hydrogen-bond acceptors (Lipinski definition) is 4. The van der Waals surface area contributed by atoms with Crippen LogP contribution >= 0.6 is 0 Å². The lowest BCUT2D eigenvalue weighted by Gasteiger charge is -2.14. The van der Waals surface area contributed by atoms with E-state index in [0.717, 1.165) is 12.0 Å². The van der Waals surface area contributed by atoms with E-state index in [1.165, 1.54) is 12.1 Å². The van der Waals surface area contributed by atoms with Gasteiger partial charge in [-0.2, -0.15) is 0 Å². The third-order valence-electron chi connectivity index (χ3n) is 2.87. The Labute approximate surface area is 111 Å². The molecule has 19 heavy (non-hydrogen) atoms. The predicted molar refractivity (Wildman–Crippen MR) is 72.2 cm³/mol. The molecule has 0 aliphatic carbocycles. The molecular weight excluding hydrogens is 245 g/mol. The number of nitrogens with one attached hydrogen (secondary N) is 1. The Morgan fingerprint density at radius 1 is 1.16 bits per heavy atom. The first-order valence-electron chi connectivity index (χ1n) is 6.20. The van der Waals surface area contributed by atoms with E-state index in [4.69, 9.17) is 5.11 Å². The van der Waals surface area contributed by atoms with Crippen molar-refractivity contribution in [1.82, 2.24) is 10.2 Å². The van der Waals surface area contributed by atoms with E-state index in [1.807, 2.05) is 13.0 Å². The Balaban J connectivity index is 2.12. The van der Waals surface area contributed by atoms with Crippen molar-refractivity contribution in [2.75, 3.05) is 11.9 Å². The standard InChI is InChI=1S/C14H16FN3O/c1-2-12(9-19)16-14-8-7-13(17-18-14)10-3-5-11(15)6-4-10/h3-8,12,19H,2,9H2,1H3,(H,16,18)/t12-/m1/s1. The van der Waals surface area contributed by atoms with Gasteiger partial charge in [0, 0.05) is 5.56 Å². The summed E-state index contributed by atoms with van der Waals surface area (Å²) in [5, 5.41) is 20.3. The topological polar surface area (TPSA) is 58.0 Å². The quantitative estimate of drug-likeness (QED) is 0.868. The first-order valence-corrected chi connectivity index (χ1v) is 6.20. The van der Waals surface area contributed by atoms with Crippen molar-refractivity contribution in [3.8, 4) is 11.3 Å². The van der Waals surface area contributed by atoms with E-state index in [2.05, 4.69) is 15.5 Å². The molecule has 2 rings (SSSR count). The van der Waals surface area contributed by atoms with Crippen LogP contribution in [0.2, 0.25) is 0 Å². The summed E-state index contributed by atoms with van der Waals surface area (Å²) in [5.41, 5.74) is 1.50. The summed E-state index contributed by atoms with van der Waals surface area (Å²) in [6, 6.07) is 9.69. The van der Waals surface area contributed by atoms with E-state index in [0.29, 0.717) is 11.5 Å². The monoisotopic (exact) mass is 261 g/mol. The highest BCUT2D eigenvalue weighted by atomic mass is 19.1. The summed E-state index contributed by atoms with van der Waals surface area (Å²) in [4.78, 5) is 0. The number of aliphatic hydroxyl groups excluding tert-OH is 1. The van der Waals surface area contributed by atoms with Crippen molar-refractivity contribution in [2.24, 2.45) is 0 Å². The summed E-state index contributed by atoms with van der Waals surface area (Å²) < 4.78 is 12.8. The highest BCUT2D eigenvalue weighted by molar-refractivity contribution is 5.59. The maximum atomic E-state index is 12.8. The first kappa shape index (κ1) is 13.4. The highest BCUT2D eigenvalue weighted by Gasteiger charge is 2.06. The second-order valence-corrected chi connectivity index (χ2v) is 4.24. The molecule has 0 saturated heterocycles. The van der Waals surface area contributed by atoms with Gasteiger partial charge in [-0.25, -0.2) is 4.39 Å². The van der Waals surface area contributed by atoms with Gasteiger partial charge in [0.2, 0.25) is 0 Å². The zero-order valence-electron chi connectivity index (χ0n) is 10.7. The third-order valence-corrected chi connectivity index (χ3v) is 2.87. The Morgan fingerprint density at radius 3 is 2.42 bits per heavy atom. The molecule has 1 aromatic heterocycles. The number of aliphatic hydroxyl groups is 1. The molecule has 4 nitrogen and oxygen atoms in total. The largest absolute Gasteiger partial charge is 0.394 e. The third kappa shape index (κ3) is 3.48. The molecule has 2 aromatic rings. The lowest BCUT2D eigenvalue weighted by atomic mass is 10.1. The van der Waals surface area contributed by atoms with E-state index in [9.17, 15) is 4.39 Å². The van der Waals surface area contributed by atoms with E-state index >= 15 is 0 Å². The number of halogens is 1. The molecule has 2 N–H and O–H groups in total. The van der Waals surface area contributed by atoms with Crippen LogP contribution < -0.4 is 5.32 Å². The molecule has 100 valence electrons. The smallest absolute Gasteiger partial charge is 0.148 e. The Bertz CT molecular complexity index is 509. The molecule has 0 bridgehead atoms. The molecule has 0 saturated carbocycles. The van der Waals surface area contributed by atoms with Crippen LogP contribution in [0.5, 0.6) is 0 Å². The number of aromatic nitrogens is 2. The molecule has 5 heteroatoms. The molecule has 0 aliphatic heterocycles. The normalized spacial score (nSPS) is 12.2. The molecule has 0 fully saturated rings. The second kappa shape index (κ2) is 6.24.